The highest BCUT2D eigenvalue weighted by Crippen LogP contribution is 2.14. The summed E-state index contributed by atoms with van der Waals surface area (Å²) in [6.07, 6.45) is 26.8. The van der Waals surface area contributed by atoms with Crippen LogP contribution in [0.15, 0.2) is 24.5 Å². The largest absolute Gasteiger partial charge is 1.00 e. The summed E-state index contributed by atoms with van der Waals surface area (Å²) in [6.45, 7) is 7.30. The Morgan fingerprint density at radius 1 is 0.769 bits per heavy atom. The van der Waals surface area contributed by atoms with Gasteiger partial charge in [-0.3, -0.25) is 4.79 Å². The zero-order valence-corrected chi connectivity index (χ0v) is 27.5. The summed E-state index contributed by atoms with van der Waals surface area (Å²) in [5.74, 6) is 0.215. The zero-order valence-electron chi connectivity index (χ0n) is 25.9. The van der Waals surface area contributed by atoms with Crippen molar-refractivity contribution in [3.05, 3.63) is 24.5 Å². The van der Waals surface area contributed by atoms with Crippen molar-refractivity contribution in [3.63, 3.8) is 0 Å². The highest BCUT2D eigenvalue weighted by molar-refractivity contribution is 5.69. The number of halogens is 1. The van der Waals surface area contributed by atoms with E-state index in [9.17, 15) is 4.79 Å². The number of carbonyl (C=O) groups is 1. The van der Waals surface area contributed by atoms with Crippen LogP contribution in [0.5, 0.6) is 0 Å². The Balaban J connectivity index is 0.0000144. The van der Waals surface area contributed by atoms with E-state index in [1.807, 2.05) is 14.1 Å². The van der Waals surface area contributed by atoms with Gasteiger partial charge in [-0.05, 0) is 12.8 Å². The number of esters is 1. The second-order valence-electron chi connectivity index (χ2n) is 11.3. The van der Waals surface area contributed by atoms with Gasteiger partial charge in [-0.15, -0.1) is 0 Å². The molecule has 0 saturated heterocycles. The molecule has 6 heteroatoms. The number of hydrogen-bond donors (Lipinski definition) is 0. The van der Waals surface area contributed by atoms with E-state index in [2.05, 4.69) is 47.8 Å². The van der Waals surface area contributed by atoms with Crippen LogP contribution in [0.4, 0.5) is 5.69 Å². The van der Waals surface area contributed by atoms with Crippen molar-refractivity contribution in [1.29, 1.82) is 0 Å². The SMILES string of the molecule is CCCCCCCCCCCCCCCCOCC(CCC)COC(=O)CCC[n+]1ccc(N(C)C)cc1.[Br-]. The van der Waals surface area contributed by atoms with Crippen molar-refractivity contribution in [2.45, 2.75) is 136 Å². The molecule has 1 unspecified atom stereocenters. The van der Waals surface area contributed by atoms with Crippen LogP contribution >= 0.6 is 0 Å². The number of aromatic nitrogens is 1. The topological polar surface area (TPSA) is 42.7 Å². The third-order valence-corrected chi connectivity index (χ3v) is 7.36. The van der Waals surface area contributed by atoms with Crippen LogP contribution in [0.2, 0.25) is 0 Å². The number of nitrogens with zero attached hydrogens (tertiary/aromatic N) is 2. The van der Waals surface area contributed by atoms with Crippen LogP contribution in [0.1, 0.15) is 129 Å². The molecular formula is C33H61BrN2O3. The van der Waals surface area contributed by atoms with Gasteiger partial charge in [0.15, 0.2) is 12.4 Å². The van der Waals surface area contributed by atoms with Crippen LogP contribution in [0.25, 0.3) is 0 Å². The first kappa shape index (κ1) is 37.9. The molecule has 0 spiro atoms. The summed E-state index contributed by atoms with van der Waals surface area (Å²) in [5, 5.41) is 0. The number of pyridine rings is 1. The molecule has 1 rings (SSSR count). The molecule has 0 amide bonds. The molecule has 1 aromatic heterocycles. The van der Waals surface area contributed by atoms with Crippen LogP contribution in [-0.4, -0.2) is 39.9 Å². The summed E-state index contributed by atoms with van der Waals surface area (Å²) in [6, 6.07) is 4.18. The normalized spacial score (nSPS) is 11.7. The summed E-state index contributed by atoms with van der Waals surface area (Å²) in [4.78, 5) is 14.3. The number of ether oxygens (including phenoxy) is 2. The zero-order chi connectivity index (χ0) is 27.7. The first-order valence-electron chi connectivity index (χ1n) is 16.0. The summed E-state index contributed by atoms with van der Waals surface area (Å²) in [5.41, 5.74) is 1.18. The van der Waals surface area contributed by atoms with Crippen molar-refractivity contribution in [2.75, 3.05) is 38.8 Å². The quantitative estimate of drug-likeness (QED) is 0.0811. The van der Waals surface area contributed by atoms with Gasteiger partial charge in [-0.2, -0.15) is 0 Å². The van der Waals surface area contributed by atoms with Crippen molar-refractivity contribution >= 4 is 11.7 Å². The van der Waals surface area contributed by atoms with Crippen molar-refractivity contribution < 1.29 is 35.8 Å². The molecule has 0 N–H and O–H groups in total. The lowest BCUT2D eigenvalue weighted by Gasteiger charge is -2.16. The van der Waals surface area contributed by atoms with Gasteiger partial charge in [0.1, 0.15) is 6.54 Å². The third-order valence-electron chi connectivity index (χ3n) is 7.36. The fourth-order valence-electron chi connectivity index (χ4n) is 4.86. The highest BCUT2D eigenvalue weighted by Gasteiger charge is 2.13. The van der Waals surface area contributed by atoms with E-state index in [0.29, 0.717) is 25.6 Å². The molecule has 0 aliphatic carbocycles. The Morgan fingerprint density at radius 2 is 1.31 bits per heavy atom. The van der Waals surface area contributed by atoms with E-state index >= 15 is 0 Å². The number of anilines is 1. The van der Waals surface area contributed by atoms with E-state index in [1.54, 1.807) is 0 Å². The fourth-order valence-corrected chi connectivity index (χ4v) is 4.86. The second-order valence-corrected chi connectivity index (χ2v) is 11.3. The van der Waals surface area contributed by atoms with Gasteiger partial charge in [0.2, 0.25) is 0 Å². The van der Waals surface area contributed by atoms with Gasteiger partial charge in [0.05, 0.1) is 19.6 Å². The Bertz CT molecular complexity index is 669. The minimum atomic E-state index is -0.0939. The Morgan fingerprint density at radius 3 is 1.82 bits per heavy atom. The number of hydrogen-bond acceptors (Lipinski definition) is 4. The van der Waals surface area contributed by atoms with Crippen LogP contribution in [0, 0.1) is 5.92 Å². The minimum Gasteiger partial charge on any atom is -1.00 e. The lowest BCUT2D eigenvalue weighted by Crippen LogP contribution is -3.00. The molecule has 39 heavy (non-hydrogen) atoms. The number of aryl methyl sites for hydroxylation is 1. The van der Waals surface area contributed by atoms with Gasteiger partial charge in [-0.1, -0.05) is 104 Å². The van der Waals surface area contributed by atoms with E-state index in [0.717, 1.165) is 38.8 Å². The van der Waals surface area contributed by atoms with Gasteiger partial charge < -0.3 is 31.4 Å². The fraction of sp³-hybridized carbons (Fsp3) is 0.818. The Labute approximate surface area is 252 Å². The molecule has 0 aromatic carbocycles. The molecule has 5 nitrogen and oxygen atoms in total. The molecule has 1 atom stereocenters. The predicted octanol–water partition coefficient (Wildman–Crippen LogP) is 5.28. The Hall–Kier alpha value is -1.14. The van der Waals surface area contributed by atoms with Gasteiger partial charge in [0.25, 0.3) is 0 Å². The molecule has 0 radical (unpaired) electrons. The van der Waals surface area contributed by atoms with Gasteiger partial charge in [0, 0.05) is 50.9 Å². The lowest BCUT2D eigenvalue weighted by atomic mass is 10.0. The maximum absolute atomic E-state index is 12.2. The van der Waals surface area contributed by atoms with E-state index in [4.69, 9.17) is 9.47 Å². The van der Waals surface area contributed by atoms with Crippen molar-refractivity contribution in [2.24, 2.45) is 5.92 Å². The minimum absolute atomic E-state index is 0. The molecular weight excluding hydrogens is 552 g/mol. The first-order chi connectivity index (χ1) is 18.6. The van der Waals surface area contributed by atoms with E-state index < -0.39 is 0 Å². The monoisotopic (exact) mass is 612 g/mol. The molecule has 0 bridgehead atoms. The van der Waals surface area contributed by atoms with E-state index in [-0.39, 0.29) is 23.0 Å². The molecule has 0 fully saturated rings. The maximum Gasteiger partial charge on any atom is 0.306 e. The average Bonchev–Trinajstić information content (AvgIpc) is 2.91. The average molecular weight is 614 g/mol. The van der Waals surface area contributed by atoms with Crippen molar-refractivity contribution in [1.82, 2.24) is 0 Å². The predicted molar refractivity (Wildman–Crippen MR) is 161 cm³/mol. The highest BCUT2D eigenvalue weighted by atomic mass is 79.9. The smallest absolute Gasteiger partial charge is 0.306 e. The number of rotatable bonds is 26. The van der Waals surface area contributed by atoms with Crippen LogP contribution in [0.3, 0.4) is 0 Å². The maximum atomic E-state index is 12.2. The standard InChI is InChI=1S/C33H61N2O3.BrH/c1-5-7-8-9-10-11-12-13-14-15-16-17-18-19-28-37-29-31(21-6-2)30-38-33(36)22-20-25-35-26-23-32(24-27-35)34(3)4;/h23-24,26-27,31H,5-22,25,28-30H2,1-4H3;1H/q+1;/p-1. The van der Waals surface area contributed by atoms with Crippen LogP contribution in [-0.2, 0) is 20.8 Å². The third kappa shape index (κ3) is 22.3. The lowest BCUT2D eigenvalue weighted by molar-refractivity contribution is -0.697. The molecule has 1 heterocycles. The summed E-state index contributed by atoms with van der Waals surface area (Å²) in [7, 11) is 4.07. The first-order valence-corrected chi connectivity index (χ1v) is 16.0. The second kappa shape index (κ2) is 27.1. The molecule has 0 saturated carbocycles. The molecule has 0 aliphatic heterocycles. The van der Waals surface area contributed by atoms with E-state index in [1.165, 1.54) is 89.2 Å². The summed E-state index contributed by atoms with van der Waals surface area (Å²) < 4.78 is 13.7. The summed E-state index contributed by atoms with van der Waals surface area (Å²) >= 11 is 0. The van der Waals surface area contributed by atoms with Crippen molar-refractivity contribution in [3.8, 4) is 0 Å². The van der Waals surface area contributed by atoms with Gasteiger partial charge in [-0.25, -0.2) is 4.57 Å². The number of carbonyl (C=O) groups excluding carboxylic acids is 1. The van der Waals surface area contributed by atoms with Gasteiger partial charge >= 0.3 is 5.97 Å². The molecule has 228 valence electrons. The molecule has 1 aromatic rings. The Kier molecular flexibility index (Phi) is 26.3. The van der Waals surface area contributed by atoms with Crippen LogP contribution < -0.4 is 26.4 Å². The number of unbranched alkanes of at least 4 members (excludes halogenated alkanes) is 13. The molecule has 0 aliphatic rings.